The smallest absolute Gasteiger partial charge is 0.377 e. The van der Waals surface area contributed by atoms with Crippen molar-refractivity contribution in [1.82, 2.24) is 13.7 Å². The molecule has 12 nitrogen and oxygen atoms in total. The molecule has 1 aromatic rings. The summed E-state index contributed by atoms with van der Waals surface area (Å²) in [4.78, 5) is 38.6. The average molecular weight is 466 g/mol. The van der Waals surface area contributed by atoms with Gasteiger partial charge in [0.1, 0.15) is 0 Å². The van der Waals surface area contributed by atoms with Gasteiger partial charge in [0, 0.05) is 67.8 Å². The summed E-state index contributed by atoms with van der Waals surface area (Å²) in [6.45, 7) is 3.40. The number of allylic oxidation sites excluding steroid dienone is 1. The molecule has 1 rings (SSSR count). The van der Waals surface area contributed by atoms with Crippen LogP contribution in [-0.4, -0.2) is 74.0 Å². The van der Waals surface area contributed by atoms with Gasteiger partial charge >= 0.3 is 34.7 Å². The minimum Gasteiger partial charge on any atom is -0.377 e. The van der Waals surface area contributed by atoms with Crippen LogP contribution in [0.2, 0.25) is 12.1 Å². The van der Waals surface area contributed by atoms with Gasteiger partial charge in [-0.25, -0.2) is 28.1 Å². The molecule has 0 N–H and O–H groups in total. The molecule has 0 aliphatic rings. The minimum atomic E-state index is -3.05. The fraction of sp³-hybridized carbons (Fsp3) is 0.688. The van der Waals surface area contributed by atoms with Crippen molar-refractivity contribution in [2.45, 2.75) is 31.7 Å². The highest BCUT2D eigenvalue weighted by Crippen LogP contribution is 2.14. The summed E-state index contributed by atoms with van der Waals surface area (Å²) < 4.78 is 34.9. The van der Waals surface area contributed by atoms with E-state index in [1.54, 1.807) is 0 Å². The highest BCUT2D eigenvalue weighted by molar-refractivity contribution is 6.60. The molecule has 0 aliphatic carbocycles. The quantitative estimate of drug-likeness (QED) is 0.254. The molecule has 172 valence electrons. The van der Waals surface area contributed by atoms with Gasteiger partial charge in [0.2, 0.25) is 0 Å². The lowest BCUT2D eigenvalue weighted by Crippen LogP contribution is -2.56. The van der Waals surface area contributed by atoms with E-state index in [-0.39, 0.29) is 31.7 Å². The fourth-order valence-corrected chi connectivity index (χ4v) is 6.18. The van der Waals surface area contributed by atoms with E-state index in [1.807, 2.05) is 0 Å². The molecule has 30 heavy (non-hydrogen) atoms. The lowest BCUT2D eigenvalue weighted by Gasteiger charge is -2.25. The first-order chi connectivity index (χ1) is 14.2. The van der Waals surface area contributed by atoms with Crippen molar-refractivity contribution in [3.8, 4) is 0 Å². The molecule has 0 unspecified atom stereocenters. The highest BCUT2D eigenvalue weighted by atomic mass is 28.4. The van der Waals surface area contributed by atoms with E-state index in [2.05, 4.69) is 6.58 Å². The zero-order valence-electron chi connectivity index (χ0n) is 18.3. The summed E-state index contributed by atoms with van der Waals surface area (Å²) in [6.07, 6.45) is 1.40. The Morgan fingerprint density at radius 2 is 0.967 bits per heavy atom. The first-order valence-electron chi connectivity index (χ1n) is 9.10. The van der Waals surface area contributed by atoms with Gasteiger partial charge in [-0.3, -0.25) is 0 Å². The molecular weight excluding hydrogens is 434 g/mol. The van der Waals surface area contributed by atoms with E-state index >= 15 is 0 Å². The molecule has 0 spiro atoms. The Kier molecular flexibility index (Phi) is 10.3. The van der Waals surface area contributed by atoms with Gasteiger partial charge in [-0.15, -0.1) is 6.58 Å². The van der Waals surface area contributed by atoms with Crippen molar-refractivity contribution in [1.29, 1.82) is 0 Å². The largest absolute Gasteiger partial charge is 0.501 e. The van der Waals surface area contributed by atoms with Crippen molar-refractivity contribution >= 4 is 17.6 Å². The number of hydrogen-bond acceptors (Lipinski definition) is 9. The van der Waals surface area contributed by atoms with Gasteiger partial charge in [-0.1, -0.05) is 6.08 Å². The standard InChI is InChI=1S/C16H31N3O9Si2/c1-8-9-17-14(20)18(10-12-29(23-2,24-3)25-4)16(22)19(15(17)21)11-13-30(26-5,27-6)28-7/h8H,1,9-13H2,2-7H3. The summed E-state index contributed by atoms with van der Waals surface area (Å²) in [5, 5.41) is 0. The van der Waals surface area contributed by atoms with Gasteiger partial charge < -0.3 is 26.6 Å². The third-order valence-corrected chi connectivity index (χ3v) is 10.3. The Morgan fingerprint density at radius 3 is 1.23 bits per heavy atom. The monoisotopic (exact) mass is 465 g/mol. The van der Waals surface area contributed by atoms with Crippen molar-refractivity contribution in [3.05, 3.63) is 44.1 Å². The third-order valence-electron chi connectivity index (χ3n) is 4.85. The van der Waals surface area contributed by atoms with Crippen LogP contribution in [0.3, 0.4) is 0 Å². The van der Waals surface area contributed by atoms with Crippen LogP contribution >= 0.6 is 0 Å². The number of nitrogens with zero attached hydrogens (tertiary/aromatic N) is 3. The predicted molar refractivity (Wildman–Crippen MR) is 113 cm³/mol. The summed E-state index contributed by atoms with van der Waals surface area (Å²) in [5.74, 6) is 0. The normalized spacial score (nSPS) is 12.3. The van der Waals surface area contributed by atoms with E-state index in [9.17, 15) is 14.4 Å². The molecule has 0 atom stereocenters. The molecule has 0 bridgehead atoms. The maximum atomic E-state index is 13.0. The summed E-state index contributed by atoms with van der Waals surface area (Å²) >= 11 is 0. The second-order valence-corrected chi connectivity index (χ2v) is 12.3. The molecule has 14 heteroatoms. The number of hydrogen-bond donors (Lipinski definition) is 0. The van der Waals surface area contributed by atoms with Crippen LogP contribution in [0, 0.1) is 0 Å². The minimum absolute atomic E-state index is 0.0548. The predicted octanol–water partition coefficient (Wildman–Crippen LogP) is -0.886. The maximum absolute atomic E-state index is 13.0. The van der Waals surface area contributed by atoms with E-state index in [0.29, 0.717) is 0 Å². The molecule has 0 amide bonds. The fourth-order valence-electron chi connectivity index (χ4n) is 2.96. The van der Waals surface area contributed by atoms with Crippen LogP contribution < -0.4 is 17.1 Å². The van der Waals surface area contributed by atoms with Crippen LogP contribution in [0.25, 0.3) is 0 Å². The molecule has 1 heterocycles. The van der Waals surface area contributed by atoms with Crippen LogP contribution in [-0.2, 0) is 46.2 Å². The van der Waals surface area contributed by atoms with Gasteiger partial charge in [0.25, 0.3) is 0 Å². The molecule has 0 saturated heterocycles. The second-order valence-electron chi connectivity index (χ2n) is 6.14. The number of rotatable bonds is 14. The van der Waals surface area contributed by atoms with Crippen molar-refractivity contribution in [2.24, 2.45) is 0 Å². The van der Waals surface area contributed by atoms with Gasteiger partial charge in [0.15, 0.2) is 0 Å². The topological polar surface area (TPSA) is 121 Å². The van der Waals surface area contributed by atoms with E-state index in [1.165, 1.54) is 48.7 Å². The van der Waals surface area contributed by atoms with Crippen molar-refractivity contribution in [2.75, 3.05) is 42.7 Å². The Morgan fingerprint density at radius 1 is 0.667 bits per heavy atom. The molecule has 0 fully saturated rings. The third kappa shape index (κ3) is 5.52. The maximum Gasteiger partial charge on any atom is 0.501 e. The van der Waals surface area contributed by atoms with Crippen molar-refractivity contribution in [3.63, 3.8) is 0 Å². The number of aromatic nitrogens is 3. The molecule has 0 aliphatic heterocycles. The summed E-state index contributed by atoms with van der Waals surface area (Å²) in [6, 6.07) is 0.315. The Hall–Kier alpha value is -1.66. The Labute approximate surface area is 176 Å². The van der Waals surface area contributed by atoms with Crippen LogP contribution in [0.4, 0.5) is 0 Å². The lowest BCUT2D eigenvalue weighted by molar-refractivity contribution is 0.121. The van der Waals surface area contributed by atoms with Crippen LogP contribution in [0.15, 0.2) is 27.0 Å². The second kappa shape index (κ2) is 11.7. The highest BCUT2D eigenvalue weighted by Gasteiger charge is 2.39. The SMILES string of the molecule is C=CCn1c(=O)n(CC[Si](OC)(OC)OC)c(=O)n(CC[Si](OC)(OC)OC)c1=O. The summed E-state index contributed by atoms with van der Waals surface area (Å²) in [5.41, 5.74) is -2.26. The zero-order chi connectivity index (χ0) is 22.9. The van der Waals surface area contributed by atoms with Crippen LogP contribution in [0.1, 0.15) is 0 Å². The van der Waals surface area contributed by atoms with E-state index < -0.39 is 34.7 Å². The van der Waals surface area contributed by atoms with Gasteiger partial charge in [0.05, 0.1) is 6.54 Å². The first-order valence-corrected chi connectivity index (χ1v) is 13.0. The van der Waals surface area contributed by atoms with E-state index in [0.717, 1.165) is 13.7 Å². The van der Waals surface area contributed by atoms with Crippen LogP contribution in [0.5, 0.6) is 0 Å². The van der Waals surface area contributed by atoms with Gasteiger partial charge in [-0.05, 0) is 0 Å². The van der Waals surface area contributed by atoms with Gasteiger partial charge in [-0.2, -0.15) is 0 Å². The van der Waals surface area contributed by atoms with E-state index in [4.69, 9.17) is 26.6 Å². The molecule has 0 aromatic carbocycles. The Balaban J connectivity index is 3.46. The first kappa shape index (κ1) is 26.4. The zero-order valence-corrected chi connectivity index (χ0v) is 20.3. The molecular formula is C16H31N3O9Si2. The average Bonchev–Trinajstić information content (AvgIpc) is 2.77. The molecule has 0 saturated carbocycles. The van der Waals surface area contributed by atoms with Crippen molar-refractivity contribution < 1.29 is 26.6 Å². The molecule has 1 aromatic heterocycles. The lowest BCUT2D eigenvalue weighted by atomic mass is 10.6. The molecule has 0 radical (unpaired) electrons. The summed E-state index contributed by atoms with van der Waals surface area (Å²) in [7, 11) is 2.51. The Bertz CT molecular complexity index is 793.